The van der Waals surface area contributed by atoms with Gasteiger partial charge < -0.3 is 24.4 Å². The number of benzene rings is 2. The van der Waals surface area contributed by atoms with Gasteiger partial charge in [0.15, 0.2) is 0 Å². The summed E-state index contributed by atoms with van der Waals surface area (Å²) < 4.78 is 38.1. The predicted octanol–water partition coefficient (Wildman–Crippen LogP) is 12.0. The van der Waals surface area contributed by atoms with Crippen LogP contribution in [-0.2, 0) is 23.8 Å². The minimum absolute atomic E-state index is 0. The van der Waals surface area contributed by atoms with Gasteiger partial charge in [-0.15, -0.1) is 0 Å². The van der Waals surface area contributed by atoms with Gasteiger partial charge in [0, 0.05) is 67.1 Å². The average Bonchev–Trinajstić information content (AvgIpc) is 3.53. The summed E-state index contributed by atoms with van der Waals surface area (Å²) in [7, 11) is -3.48. The first-order valence-electron chi connectivity index (χ1n) is 23.1. The van der Waals surface area contributed by atoms with Gasteiger partial charge in [-0.25, -0.2) is 9.59 Å². The van der Waals surface area contributed by atoms with E-state index in [9.17, 15) is 23.1 Å². The molecular formula is C53H68Cl2N4O8S. The van der Waals surface area contributed by atoms with E-state index in [2.05, 4.69) is 36.4 Å². The van der Waals surface area contributed by atoms with Gasteiger partial charge in [-0.3, -0.25) is 14.2 Å². The van der Waals surface area contributed by atoms with Crippen LogP contribution in [0, 0.1) is 11.8 Å². The zero-order valence-corrected chi connectivity index (χ0v) is 40.3. The number of carbonyl (C=O) groups excluding carboxylic acids is 2. The molecule has 2 aromatic carbocycles. The van der Waals surface area contributed by atoms with Crippen molar-refractivity contribution in [1.29, 1.82) is 0 Å². The highest BCUT2D eigenvalue weighted by Gasteiger charge is 2.37. The molecule has 4 aromatic rings. The van der Waals surface area contributed by atoms with Gasteiger partial charge in [0.1, 0.15) is 0 Å². The van der Waals surface area contributed by atoms with E-state index in [-0.39, 0.29) is 52.1 Å². The molecule has 0 saturated carbocycles. The van der Waals surface area contributed by atoms with E-state index in [1.54, 1.807) is 4.90 Å². The fourth-order valence-corrected chi connectivity index (χ4v) is 10.7. The number of hydrogen-bond donors (Lipinski definition) is 1. The Morgan fingerprint density at radius 3 is 1.51 bits per heavy atom. The lowest BCUT2D eigenvalue weighted by molar-refractivity contribution is 0.0893. The second kappa shape index (κ2) is 25.2. The third kappa shape index (κ3) is 13.3. The Morgan fingerprint density at radius 2 is 1.12 bits per heavy atom. The molecule has 0 bridgehead atoms. The van der Waals surface area contributed by atoms with E-state index in [4.69, 9.17) is 46.8 Å². The molecule has 2 fully saturated rings. The van der Waals surface area contributed by atoms with Gasteiger partial charge >= 0.3 is 12.2 Å². The van der Waals surface area contributed by atoms with E-state index in [1.807, 2.05) is 67.5 Å². The van der Waals surface area contributed by atoms with Crippen molar-refractivity contribution in [2.45, 2.75) is 91.9 Å². The lowest BCUT2D eigenvalue weighted by Crippen LogP contribution is -2.40. The van der Waals surface area contributed by atoms with Gasteiger partial charge in [0.05, 0.1) is 37.5 Å². The molecule has 15 heteroatoms. The second-order valence-corrected chi connectivity index (χ2v) is 19.7. The van der Waals surface area contributed by atoms with Crippen molar-refractivity contribution in [3.8, 4) is 0 Å². The molecule has 2 aromatic heterocycles. The number of nitrogens with zero attached hydrogens (tertiary/aromatic N) is 4. The first-order valence-corrected chi connectivity index (χ1v) is 25.7. The van der Waals surface area contributed by atoms with Gasteiger partial charge in [-0.05, 0) is 170 Å². The van der Waals surface area contributed by atoms with Crippen LogP contribution in [0.2, 0.25) is 10.0 Å². The normalized spacial score (nSPS) is 17.9. The van der Waals surface area contributed by atoms with Crippen molar-refractivity contribution >= 4 is 68.8 Å². The molecule has 4 heterocycles. The number of aliphatic hydroxyl groups is 1. The number of aliphatic hydroxyl groups excluding tert-OH is 1. The number of piperidine rings is 2. The minimum atomic E-state index is -3.48. The molecule has 0 radical (unpaired) electrons. The molecule has 2 saturated heterocycles. The number of hydrogen-bond acceptors (Lipinski definition) is 10. The number of amides is 2. The highest BCUT2D eigenvalue weighted by molar-refractivity contribution is 7.85. The highest BCUT2D eigenvalue weighted by atomic mass is 35.5. The number of likely N-dealkylation sites (tertiary alicyclic amines) is 2. The zero-order chi connectivity index (χ0) is 46.8. The van der Waals surface area contributed by atoms with Crippen molar-refractivity contribution < 1.29 is 36.8 Å². The van der Waals surface area contributed by atoms with Crippen LogP contribution in [0.4, 0.5) is 9.59 Å². The summed E-state index contributed by atoms with van der Waals surface area (Å²) in [5, 5.41) is 10.8. The summed E-state index contributed by atoms with van der Waals surface area (Å²) in [6.45, 7) is 7.38. The fraction of sp³-hybridized carbons (Fsp3) is 0.472. The summed E-state index contributed by atoms with van der Waals surface area (Å²) in [4.78, 5) is 37.6. The first kappa shape index (κ1) is 54.2. The molecule has 4 aliphatic rings. The number of aromatic nitrogens is 2. The van der Waals surface area contributed by atoms with E-state index in [1.165, 1.54) is 11.1 Å². The van der Waals surface area contributed by atoms with Crippen molar-refractivity contribution in [1.82, 2.24) is 19.8 Å². The number of pyridine rings is 2. The van der Waals surface area contributed by atoms with Crippen LogP contribution in [0.1, 0.15) is 137 Å². The monoisotopic (exact) mass is 990 g/mol. The number of fused-ring (bicyclic) bond motifs is 4. The lowest BCUT2D eigenvalue weighted by atomic mass is 9.76. The Morgan fingerprint density at radius 1 is 0.691 bits per heavy atom. The molecule has 8 rings (SSSR count). The lowest BCUT2D eigenvalue weighted by Gasteiger charge is -2.36. The Balaban J connectivity index is 0.000000248. The third-order valence-electron chi connectivity index (χ3n) is 12.9. The van der Waals surface area contributed by atoms with Gasteiger partial charge in [0.2, 0.25) is 0 Å². The molecular weight excluding hydrogens is 924 g/mol. The van der Waals surface area contributed by atoms with Gasteiger partial charge in [-0.1, -0.05) is 62.3 Å². The molecule has 2 aliphatic heterocycles. The van der Waals surface area contributed by atoms with Crippen LogP contribution in [0.3, 0.4) is 0 Å². The van der Waals surface area contributed by atoms with Crippen molar-refractivity contribution in [2.24, 2.45) is 11.8 Å². The summed E-state index contributed by atoms with van der Waals surface area (Å²) in [6.07, 6.45) is 14.8. The van der Waals surface area contributed by atoms with Crippen LogP contribution < -0.4 is 0 Å². The quantitative estimate of drug-likeness (QED) is 0.107. The fourth-order valence-electron chi connectivity index (χ4n) is 9.98. The maximum atomic E-state index is 12.2. The van der Waals surface area contributed by atoms with Crippen LogP contribution in [0.25, 0.3) is 23.3 Å². The van der Waals surface area contributed by atoms with E-state index in [0.717, 1.165) is 83.1 Å². The largest absolute Gasteiger partial charge is 0.450 e. The summed E-state index contributed by atoms with van der Waals surface area (Å²) in [5.74, 6) is 0.861. The van der Waals surface area contributed by atoms with Crippen LogP contribution >= 0.6 is 23.2 Å². The van der Waals surface area contributed by atoms with Gasteiger partial charge in [-0.2, -0.15) is 8.42 Å². The van der Waals surface area contributed by atoms with E-state index in [0.29, 0.717) is 80.5 Å². The van der Waals surface area contributed by atoms with Gasteiger partial charge in [0.25, 0.3) is 10.1 Å². The Bertz CT molecular complexity index is 2520. The maximum Gasteiger partial charge on any atom is 0.409 e. The van der Waals surface area contributed by atoms with Crippen LogP contribution in [0.5, 0.6) is 0 Å². The topological polar surface area (TPSA) is 148 Å². The van der Waals surface area contributed by atoms with Crippen LogP contribution in [0.15, 0.2) is 73.1 Å². The molecule has 1 N–H and O–H groups in total. The second-order valence-electron chi connectivity index (χ2n) is 17.2. The Hall–Kier alpha value is -4.79. The Kier molecular flexibility index (Phi) is 20.1. The van der Waals surface area contributed by atoms with Crippen LogP contribution in [-0.4, -0.2) is 104 Å². The highest BCUT2D eigenvalue weighted by Crippen LogP contribution is 2.47. The van der Waals surface area contributed by atoms with E-state index < -0.39 is 10.1 Å². The summed E-state index contributed by atoms with van der Waals surface area (Å²) >= 11 is 12.8. The minimum Gasteiger partial charge on any atom is -0.450 e. The molecule has 2 amide bonds. The first-order chi connectivity index (χ1) is 31.9. The smallest absolute Gasteiger partial charge is 0.409 e. The molecule has 2 aliphatic carbocycles. The number of halogens is 2. The maximum absolute atomic E-state index is 12.2. The van der Waals surface area contributed by atoms with Crippen molar-refractivity contribution in [2.75, 3.05) is 58.9 Å². The summed E-state index contributed by atoms with van der Waals surface area (Å²) in [5.41, 5.74) is 11.2. The molecule has 368 valence electrons. The molecule has 2 unspecified atom stereocenters. The van der Waals surface area contributed by atoms with Crippen molar-refractivity contribution in [3.05, 3.63) is 128 Å². The number of ether oxygens (including phenoxy) is 2. The predicted molar refractivity (Wildman–Crippen MR) is 273 cm³/mol. The SMILES string of the molecule is C.C.CCOC(=O)N1CCC(C2c3ccc(Cl)cc3C(CCCO)=Cc3cccnc32)CC1.CCOC(=O)N1CCC(C2c3ccc(Cl)cc3C(CCCOS(C)(=O)=O)=Cc3cccnc32)CC1. The standard InChI is InChI=1S/C26H31ClN2O5S.C25H29ClN2O3.2CH4/c1-3-33-26(30)29-13-10-18(11-14-29)24-22-9-8-21(27)17-23(22)19(7-5-15-34-35(2,31)32)16-20-6-4-12-28-25(20)24;1-2-31-25(30)28-12-9-17(10-13-28)23-21-8-7-20(26)16-22(21)18(6-4-14-29)15-19-5-3-11-27-24(19)23;;/h4,6,8-9,12,16-18,24H,3,5,7,10-11,13-15H2,1-2H3;3,5,7-8,11,15-17,23,29H,2,4,6,9-10,12-14H2,1H3;2*1H4. The Labute approximate surface area is 413 Å². The molecule has 2 atom stereocenters. The number of rotatable bonds is 12. The van der Waals surface area contributed by atoms with E-state index >= 15 is 0 Å². The molecule has 68 heavy (non-hydrogen) atoms. The number of carbonyl (C=O) groups is 2. The summed E-state index contributed by atoms with van der Waals surface area (Å²) in [6, 6.07) is 20.2. The zero-order valence-electron chi connectivity index (χ0n) is 38.0. The third-order valence-corrected chi connectivity index (χ3v) is 14.0. The molecule has 12 nitrogen and oxygen atoms in total. The number of allylic oxidation sites excluding steroid dienone is 2. The average molecular weight is 992 g/mol. The molecule has 0 spiro atoms. The van der Waals surface area contributed by atoms with Crippen molar-refractivity contribution in [3.63, 3.8) is 0 Å².